The quantitative estimate of drug-likeness (QED) is 0.883. The van der Waals surface area contributed by atoms with Crippen molar-refractivity contribution in [1.82, 2.24) is 14.8 Å². The van der Waals surface area contributed by atoms with Gasteiger partial charge in [-0.25, -0.2) is 4.98 Å². The first kappa shape index (κ1) is 14.4. The van der Waals surface area contributed by atoms with Crippen LogP contribution in [0.2, 0.25) is 0 Å². The van der Waals surface area contributed by atoms with E-state index in [4.69, 9.17) is 5.73 Å². The smallest absolute Gasteiger partial charge is 0.239 e. The molecule has 0 aromatic carbocycles. The maximum Gasteiger partial charge on any atom is 0.239 e. The minimum Gasteiger partial charge on any atom is -0.339 e. The molecule has 0 spiro atoms. The number of aryl methyl sites for hydroxylation is 1. The summed E-state index contributed by atoms with van der Waals surface area (Å²) in [5.74, 6) is 0.0570. The van der Waals surface area contributed by atoms with Crippen molar-refractivity contribution in [3.63, 3.8) is 0 Å². The first-order chi connectivity index (χ1) is 9.10. The summed E-state index contributed by atoms with van der Waals surface area (Å²) in [6.07, 6.45) is 1.00. The number of aromatic nitrogens is 1. The van der Waals surface area contributed by atoms with Crippen LogP contribution in [0.5, 0.6) is 0 Å². The van der Waals surface area contributed by atoms with Crippen molar-refractivity contribution in [3.8, 4) is 0 Å². The van der Waals surface area contributed by atoms with E-state index < -0.39 is 6.04 Å². The van der Waals surface area contributed by atoms with Crippen LogP contribution in [0.15, 0.2) is 5.38 Å². The molecule has 2 N–H and O–H groups in total. The first-order valence-electron chi connectivity index (χ1n) is 6.80. The highest BCUT2D eigenvalue weighted by molar-refractivity contribution is 7.09. The molecule has 1 aromatic rings. The Bertz CT molecular complexity index is 424. The lowest BCUT2D eigenvalue weighted by atomic mass is 10.2. The Morgan fingerprint density at radius 1 is 1.47 bits per heavy atom. The lowest BCUT2D eigenvalue weighted by Crippen LogP contribution is -2.52. The predicted octanol–water partition coefficient (Wildman–Crippen LogP) is 0.697. The second-order valence-corrected chi connectivity index (χ2v) is 5.92. The molecule has 1 aliphatic rings. The van der Waals surface area contributed by atoms with Crippen LogP contribution in [0.25, 0.3) is 0 Å². The van der Waals surface area contributed by atoms with Crippen LogP contribution in [0.1, 0.15) is 24.5 Å². The molecule has 106 valence electrons. The number of rotatable bonds is 4. The second kappa shape index (κ2) is 6.45. The molecule has 19 heavy (non-hydrogen) atoms. The molecule has 1 atom stereocenters. The monoisotopic (exact) mass is 282 g/mol. The van der Waals surface area contributed by atoms with Crippen LogP contribution in [-0.2, 0) is 17.8 Å². The average Bonchev–Trinajstić information content (AvgIpc) is 2.86. The fourth-order valence-electron chi connectivity index (χ4n) is 2.23. The zero-order valence-corrected chi connectivity index (χ0v) is 12.4. The molecule has 0 aliphatic carbocycles. The molecular weight excluding hydrogens is 260 g/mol. The van der Waals surface area contributed by atoms with E-state index in [9.17, 15) is 4.79 Å². The summed E-state index contributed by atoms with van der Waals surface area (Å²) in [5.41, 5.74) is 6.78. The largest absolute Gasteiger partial charge is 0.339 e. The van der Waals surface area contributed by atoms with Gasteiger partial charge >= 0.3 is 0 Å². The van der Waals surface area contributed by atoms with E-state index in [1.165, 1.54) is 5.01 Å². The highest BCUT2D eigenvalue weighted by atomic mass is 32.1. The van der Waals surface area contributed by atoms with Crippen molar-refractivity contribution in [2.24, 2.45) is 5.73 Å². The van der Waals surface area contributed by atoms with E-state index >= 15 is 0 Å². The molecule has 0 bridgehead atoms. The molecule has 1 amide bonds. The van der Waals surface area contributed by atoms with Crippen molar-refractivity contribution in [2.45, 2.75) is 32.9 Å². The van der Waals surface area contributed by atoms with Gasteiger partial charge < -0.3 is 10.6 Å². The Morgan fingerprint density at radius 2 is 2.16 bits per heavy atom. The van der Waals surface area contributed by atoms with Crippen LogP contribution in [0, 0.1) is 0 Å². The number of carbonyl (C=O) groups is 1. The van der Waals surface area contributed by atoms with Gasteiger partial charge in [-0.3, -0.25) is 9.69 Å². The van der Waals surface area contributed by atoms with Crippen LogP contribution in [0.3, 0.4) is 0 Å². The molecule has 1 aliphatic heterocycles. The van der Waals surface area contributed by atoms with Gasteiger partial charge in [0.1, 0.15) is 0 Å². The van der Waals surface area contributed by atoms with E-state index in [0.29, 0.717) is 0 Å². The standard InChI is InChI=1S/C13H22N4OS/c1-3-12-15-11(9-19-12)8-16-4-6-17(7-5-16)13(18)10(2)14/h9-10H,3-8,14H2,1-2H3. The molecule has 1 aromatic heterocycles. The SMILES string of the molecule is CCc1nc(CN2CCN(C(=O)C(C)N)CC2)cs1. The Hall–Kier alpha value is -0.980. The maximum absolute atomic E-state index is 11.8. The van der Waals surface area contributed by atoms with Crippen LogP contribution >= 0.6 is 11.3 Å². The van der Waals surface area contributed by atoms with Crippen molar-refractivity contribution < 1.29 is 4.79 Å². The highest BCUT2D eigenvalue weighted by Crippen LogP contribution is 2.13. The minimum atomic E-state index is -0.391. The Labute approximate surface area is 118 Å². The molecule has 5 nitrogen and oxygen atoms in total. The van der Waals surface area contributed by atoms with Gasteiger partial charge in [0.2, 0.25) is 5.91 Å². The Kier molecular flexibility index (Phi) is 4.90. The van der Waals surface area contributed by atoms with Gasteiger partial charge in [-0.15, -0.1) is 11.3 Å². The fourth-order valence-corrected chi connectivity index (χ4v) is 2.96. The van der Waals surface area contributed by atoms with Gasteiger partial charge in [0.05, 0.1) is 16.7 Å². The molecular formula is C13H22N4OS. The zero-order valence-electron chi connectivity index (χ0n) is 11.6. The number of hydrogen-bond donors (Lipinski definition) is 1. The number of thiazole rings is 1. The van der Waals surface area contributed by atoms with Gasteiger partial charge in [-0.2, -0.15) is 0 Å². The van der Waals surface area contributed by atoms with Crippen LogP contribution < -0.4 is 5.73 Å². The molecule has 0 radical (unpaired) electrons. The lowest BCUT2D eigenvalue weighted by molar-refractivity contribution is -0.134. The number of nitrogens with zero attached hydrogens (tertiary/aromatic N) is 3. The summed E-state index contributed by atoms with van der Waals surface area (Å²) in [5, 5.41) is 3.33. The molecule has 6 heteroatoms. The summed E-state index contributed by atoms with van der Waals surface area (Å²) in [7, 11) is 0. The summed E-state index contributed by atoms with van der Waals surface area (Å²) in [6, 6.07) is -0.391. The molecule has 1 unspecified atom stereocenters. The average molecular weight is 282 g/mol. The normalized spacial score (nSPS) is 18.6. The highest BCUT2D eigenvalue weighted by Gasteiger charge is 2.23. The number of amides is 1. The summed E-state index contributed by atoms with van der Waals surface area (Å²) in [6.45, 7) is 8.10. The third kappa shape index (κ3) is 3.75. The first-order valence-corrected chi connectivity index (χ1v) is 7.68. The number of nitrogens with two attached hydrogens (primary N) is 1. The third-order valence-electron chi connectivity index (χ3n) is 3.36. The minimum absolute atomic E-state index is 0.0570. The van der Waals surface area contributed by atoms with Crippen molar-refractivity contribution in [1.29, 1.82) is 0 Å². The number of hydrogen-bond acceptors (Lipinski definition) is 5. The van der Waals surface area contributed by atoms with Crippen LogP contribution in [-0.4, -0.2) is 52.9 Å². The fraction of sp³-hybridized carbons (Fsp3) is 0.692. The maximum atomic E-state index is 11.8. The molecule has 1 fully saturated rings. The van der Waals surface area contributed by atoms with E-state index in [0.717, 1.165) is 44.8 Å². The molecule has 0 saturated carbocycles. The predicted molar refractivity (Wildman–Crippen MR) is 77.0 cm³/mol. The van der Waals surface area contributed by atoms with Gasteiger partial charge in [0.25, 0.3) is 0 Å². The van der Waals surface area contributed by atoms with Gasteiger partial charge in [-0.1, -0.05) is 6.92 Å². The molecule has 2 heterocycles. The Morgan fingerprint density at radius 3 is 2.68 bits per heavy atom. The lowest BCUT2D eigenvalue weighted by Gasteiger charge is -2.35. The second-order valence-electron chi connectivity index (χ2n) is 4.98. The van der Waals surface area contributed by atoms with E-state index in [-0.39, 0.29) is 5.91 Å². The Balaban J connectivity index is 1.81. The van der Waals surface area contributed by atoms with Crippen molar-refractivity contribution in [2.75, 3.05) is 26.2 Å². The van der Waals surface area contributed by atoms with E-state index in [1.807, 2.05) is 4.90 Å². The van der Waals surface area contributed by atoms with Gasteiger partial charge in [0.15, 0.2) is 0 Å². The van der Waals surface area contributed by atoms with E-state index in [1.54, 1.807) is 18.3 Å². The van der Waals surface area contributed by atoms with E-state index in [2.05, 4.69) is 22.2 Å². The molecule has 2 rings (SSSR count). The van der Waals surface area contributed by atoms with Crippen molar-refractivity contribution >= 4 is 17.2 Å². The van der Waals surface area contributed by atoms with Crippen LogP contribution in [0.4, 0.5) is 0 Å². The summed E-state index contributed by atoms with van der Waals surface area (Å²) < 4.78 is 0. The van der Waals surface area contributed by atoms with Gasteiger partial charge in [-0.05, 0) is 13.3 Å². The summed E-state index contributed by atoms with van der Waals surface area (Å²) in [4.78, 5) is 20.6. The number of carbonyl (C=O) groups excluding carboxylic acids is 1. The topological polar surface area (TPSA) is 62.5 Å². The molecule has 1 saturated heterocycles. The zero-order chi connectivity index (χ0) is 13.8. The third-order valence-corrected chi connectivity index (χ3v) is 4.40. The number of piperazine rings is 1. The van der Waals surface area contributed by atoms with Gasteiger partial charge in [0, 0.05) is 38.1 Å². The van der Waals surface area contributed by atoms with Crippen molar-refractivity contribution in [3.05, 3.63) is 16.1 Å². The summed E-state index contributed by atoms with van der Waals surface area (Å²) >= 11 is 1.73.